The number of rotatable bonds is 8. The molecule has 2 unspecified atom stereocenters. The fourth-order valence-corrected chi connectivity index (χ4v) is 17.0. The molecule has 0 amide bonds. The van der Waals surface area contributed by atoms with E-state index in [2.05, 4.69) is 322 Å². The first-order chi connectivity index (χ1) is 46.3. The predicted octanol–water partition coefficient (Wildman–Crippen LogP) is 18.3. The molecule has 2 aliphatic heterocycles. The van der Waals surface area contributed by atoms with E-state index < -0.39 is 5.54 Å². The Bertz CT molecular complexity index is 5490. The zero-order valence-electron chi connectivity index (χ0n) is 57.3. The standard InChI is InChI=1S/C88H76B2N6/c1-51-41-65(87(9,10)11)33-38-75(51)94-79-48-68(93-85-57(7)53(3)52(2)55(5)81(85)82-83(89)56(6)54(4)58(8)86(82)93)34-36-74(79)90-73-35-32-61(72-43-60(50-92)39-40-88(72,12)96(66-23-15-13-16-24-66)67-25-17-14-18-26-67)44-63(73)46-64-45-62(47-80(94)84(64)90)71-42-59(49-91)31-37-78(71)95-76-29-21-19-27-69(76)70-28-20-22-30-77(70)95/h13-45,47-48,72H,46,89H2,1-12H3. The highest BCUT2D eigenvalue weighted by atomic mass is 15.2. The third-order valence-corrected chi connectivity index (χ3v) is 22.6. The highest BCUT2D eigenvalue weighted by Crippen LogP contribution is 2.50. The largest absolute Gasteiger partial charge is 0.331 e. The van der Waals surface area contributed by atoms with Crippen molar-refractivity contribution in [1.29, 1.82) is 10.5 Å². The summed E-state index contributed by atoms with van der Waals surface area (Å²) >= 11 is 0. The van der Waals surface area contributed by atoms with Gasteiger partial charge in [-0.15, -0.1) is 0 Å². The van der Waals surface area contributed by atoms with Crippen LogP contribution in [0.3, 0.4) is 0 Å². The van der Waals surface area contributed by atoms with Gasteiger partial charge in [-0.3, -0.25) is 0 Å². The summed E-state index contributed by atoms with van der Waals surface area (Å²) in [6, 6.07) is 76.9. The minimum absolute atomic E-state index is 0.0772. The lowest BCUT2D eigenvalue weighted by atomic mass is 9.32. The van der Waals surface area contributed by atoms with Gasteiger partial charge < -0.3 is 18.9 Å². The van der Waals surface area contributed by atoms with Crippen LogP contribution in [0.2, 0.25) is 0 Å². The zero-order chi connectivity index (χ0) is 66.5. The number of aryl methyl sites for hydroxylation is 4. The molecular weight excluding hydrogens is 1160 g/mol. The third-order valence-electron chi connectivity index (χ3n) is 22.6. The smallest absolute Gasteiger partial charge is 0.247 e. The van der Waals surface area contributed by atoms with Gasteiger partial charge >= 0.3 is 0 Å². The van der Waals surface area contributed by atoms with E-state index in [1.807, 2.05) is 12.1 Å². The van der Waals surface area contributed by atoms with E-state index >= 15 is 0 Å². The van der Waals surface area contributed by atoms with Gasteiger partial charge in [0.15, 0.2) is 0 Å². The van der Waals surface area contributed by atoms with Crippen molar-refractivity contribution in [3.05, 3.63) is 290 Å². The number of hydrogen-bond donors (Lipinski definition) is 0. The molecule has 0 bridgehead atoms. The summed E-state index contributed by atoms with van der Waals surface area (Å²) in [6.45, 7) is 27.6. The van der Waals surface area contributed by atoms with Crippen molar-refractivity contribution in [3.63, 3.8) is 0 Å². The van der Waals surface area contributed by atoms with Gasteiger partial charge in [0, 0.05) is 72.7 Å². The molecule has 16 rings (SSSR count). The lowest BCUT2D eigenvalue weighted by Crippen LogP contribution is -2.61. The molecule has 464 valence electrons. The topological polar surface area (TPSA) is 63.9 Å². The maximum Gasteiger partial charge on any atom is 0.247 e. The van der Waals surface area contributed by atoms with Gasteiger partial charge in [0.1, 0.15) is 7.85 Å². The Morgan fingerprint density at radius 1 is 0.542 bits per heavy atom. The van der Waals surface area contributed by atoms with Gasteiger partial charge in [0.2, 0.25) is 6.71 Å². The number of aromatic nitrogens is 2. The van der Waals surface area contributed by atoms with Crippen LogP contribution < -0.4 is 31.7 Å². The van der Waals surface area contributed by atoms with Crippen molar-refractivity contribution in [2.24, 2.45) is 0 Å². The van der Waals surface area contributed by atoms with E-state index in [0.29, 0.717) is 17.6 Å². The summed E-state index contributed by atoms with van der Waals surface area (Å²) in [5, 5.41) is 26.8. The van der Waals surface area contributed by atoms with Crippen molar-refractivity contribution < 1.29 is 0 Å². The quantitative estimate of drug-likeness (QED) is 0.142. The summed E-state index contributed by atoms with van der Waals surface area (Å²) in [6.07, 6.45) is 7.11. The summed E-state index contributed by atoms with van der Waals surface area (Å²) in [5.41, 5.74) is 35.5. The Balaban J connectivity index is 1.00. The number of allylic oxidation sites excluding steroid dienone is 2. The highest BCUT2D eigenvalue weighted by molar-refractivity contribution is 6.99. The summed E-state index contributed by atoms with van der Waals surface area (Å²) < 4.78 is 5.03. The molecule has 96 heavy (non-hydrogen) atoms. The molecule has 11 aromatic carbocycles. The van der Waals surface area contributed by atoms with Crippen LogP contribution in [0.5, 0.6) is 0 Å². The van der Waals surface area contributed by atoms with Gasteiger partial charge in [-0.05, 0) is 237 Å². The SMILES string of the molecule is Bc1c(C)c(C)c(C)c2c1c1c(C)c(C)c(C)c(C)c1n2-c1ccc2c(c1)N(c1ccc(C(C)(C)C)cc1C)c1cc(-c3cc(C#N)ccc3-n3c4ccccc4c4ccccc43)cc3c1B2c1ccc(C2C=C(C#N)C=CC2(C)N(c2ccccc2)c2ccccc2)cc1C3. The van der Waals surface area contributed by atoms with Gasteiger partial charge in [0.05, 0.1) is 51.0 Å². The Kier molecular flexibility index (Phi) is 13.9. The predicted molar refractivity (Wildman–Crippen MR) is 408 cm³/mol. The second kappa shape index (κ2) is 22.2. The number of anilines is 5. The van der Waals surface area contributed by atoms with E-state index in [1.165, 1.54) is 116 Å². The van der Waals surface area contributed by atoms with Crippen LogP contribution >= 0.6 is 0 Å². The van der Waals surface area contributed by atoms with E-state index in [-0.39, 0.29) is 18.0 Å². The van der Waals surface area contributed by atoms with Crippen LogP contribution in [0, 0.1) is 78.1 Å². The third kappa shape index (κ3) is 8.91. The Labute approximate surface area is 565 Å². The lowest BCUT2D eigenvalue weighted by Gasteiger charge is -2.47. The molecule has 3 aliphatic rings. The summed E-state index contributed by atoms with van der Waals surface area (Å²) in [4.78, 5) is 5.06. The van der Waals surface area contributed by atoms with E-state index in [4.69, 9.17) is 0 Å². The molecular formula is C88H76B2N6. The molecule has 0 fully saturated rings. The first kappa shape index (κ1) is 60.2. The van der Waals surface area contributed by atoms with Crippen LogP contribution in [-0.2, 0) is 11.8 Å². The Morgan fingerprint density at radius 2 is 1.16 bits per heavy atom. The second-order valence-electron chi connectivity index (χ2n) is 28.7. The van der Waals surface area contributed by atoms with Crippen LogP contribution in [0.1, 0.15) is 106 Å². The van der Waals surface area contributed by atoms with Gasteiger partial charge in [-0.1, -0.05) is 165 Å². The molecule has 0 saturated heterocycles. The van der Waals surface area contributed by atoms with Crippen molar-refractivity contribution in [3.8, 4) is 34.6 Å². The number of fused-ring (bicyclic) bond motifs is 10. The van der Waals surface area contributed by atoms with Gasteiger partial charge in [0.25, 0.3) is 0 Å². The molecule has 1 aliphatic carbocycles. The molecule has 13 aromatic rings. The van der Waals surface area contributed by atoms with Crippen molar-refractivity contribution in [2.75, 3.05) is 9.80 Å². The van der Waals surface area contributed by atoms with Crippen molar-refractivity contribution >= 4 is 108 Å². The molecule has 0 saturated carbocycles. The number of nitriles is 2. The van der Waals surface area contributed by atoms with Gasteiger partial charge in [-0.2, -0.15) is 10.5 Å². The first-order valence-electron chi connectivity index (χ1n) is 33.9. The molecule has 8 heteroatoms. The van der Waals surface area contributed by atoms with Crippen LogP contribution in [0.15, 0.2) is 218 Å². The zero-order valence-corrected chi connectivity index (χ0v) is 57.3. The Hall–Kier alpha value is -10.8. The molecule has 0 spiro atoms. The van der Waals surface area contributed by atoms with E-state index in [0.717, 1.165) is 67.5 Å². The summed E-state index contributed by atoms with van der Waals surface area (Å²) in [5.74, 6) is -0.227. The average Bonchev–Trinajstić information content (AvgIpc) is 1.17. The van der Waals surface area contributed by atoms with Crippen LogP contribution in [0.4, 0.5) is 28.4 Å². The number of hydrogen-bond acceptors (Lipinski definition) is 4. The van der Waals surface area contributed by atoms with Crippen LogP contribution in [-0.4, -0.2) is 29.2 Å². The molecule has 6 nitrogen and oxygen atoms in total. The minimum Gasteiger partial charge on any atom is -0.331 e. The van der Waals surface area contributed by atoms with E-state index in [9.17, 15) is 10.5 Å². The fraction of sp³-hybridized carbons (Fsp3) is 0.182. The van der Waals surface area contributed by atoms with Gasteiger partial charge in [-0.25, -0.2) is 0 Å². The molecule has 0 N–H and O–H groups in total. The van der Waals surface area contributed by atoms with E-state index in [1.54, 1.807) is 0 Å². The normalized spacial score (nSPS) is 15.6. The molecule has 4 heterocycles. The first-order valence-corrected chi connectivity index (χ1v) is 33.9. The maximum absolute atomic E-state index is 11.0. The minimum atomic E-state index is -0.636. The molecule has 2 aromatic heterocycles. The maximum atomic E-state index is 11.0. The Morgan fingerprint density at radius 3 is 1.80 bits per heavy atom. The molecule has 2 atom stereocenters. The number of benzene rings is 11. The van der Waals surface area contributed by atoms with Crippen LogP contribution in [0.25, 0.3) is 66.1 Å². The second-order valence-corrected chi connectivity index (χ2v) is 28.7. The number of para-hydroxylation sites is 4. The summed E-state index contributed by atoms with van der Waals surface area (Å²) in [7, 11) is 2.33. The van der Waals surface area contributed by atoms with Crippen molar-refractivity contribution in [2.45, 2.75) is 106 Å². The highest BCUT2D eigenvalue weighted by Gasteiger charge is 2.45. The average molecular weight is 1240 g/mol. The monoisotopic (exact) mass is 1240 g/mol. The van der Waals surface area contributed by atoms with Crippen molar-refractivity contribution in [1.82, 2.24) is 9.13 Å². The molecule has 0 radical (unpaired) electrons. The lowest BCUT2D eigenvalue weighted by molar-refractivity contribution is 0.504. The number of nitrogens with zero attached hydrogens (tertiary/aromatic N) is 6. The fourth-order valence-electron chi connectivity index (χ4n) is 17.0.